The van der Waals surface area contributed by atoms with E-state index in [0.29, 0.717) is 23.5 Å². The molecule has 174 valence electrons. The zero-order chi connectivity index (χ0) is 24.4. The van der Waals surface area contributed by atoms with E-state index < -0.39 is 5.97 Å². The highest BCUT2D eigenvalue weighted by atomic mass is 16.5. The van der Waals surface area contributed by atoms with Gasteiger partial charge in [-0.25, -0.2) is 4.79 Å². The van der Waals surface area contributed by atoms with E-state index in [4.69, 9.17) is 4.74 Å². The van der Waals surface area contributed by atoms with Crippen molar-refractivity contribution in [1.82, 2.24) is 0 Å². The van der Waals surface area contributed by atoms with Gasteiger partial charge in [-0.15, -0.1) is 0 Å². The molecule has 2 aromatic rings. The maximum absolute atomic E-state index is 12.5. The van der Waals surface area contributed by atoms with Gasteiger partial charge in [-0.1, -0.05) is 86.2 Å². The van der Waals surface area contributed by atoms with Crippen molar-refractivity contribution in [2.75, 3.05) is 0 Å². The van der Waals surface area contributed by atoms with Crippen molar-refractivity contribution in [3.63, 3.8) is 0 Å². The Hall–Kier alpha value is -2.55. The maximum atomic E-state index is 12.5. The lowest BCUT2D eigenvalue weighted by Gasteiger charge is -2.27. The number of aryl methyl sites for hydroxylation is 2. The summed E-state index contributed by atoms with van der Waals surface area (Å²) in [7, 11) is 0. The minimum absolute atomic E-state index is 0.179. The fraction of sp³-hybridized carbons (Fsp3) is 0.483. The highest BCUT2D eigenvalue weighted by molar-refractivity contribution is 5.89. The molecule has 0 spiro atoms. The van der Waals surface area contributed by atoms with Crippen LogP contribution in [0, 0.1) is 0 Å². The largest absolute Gasteiger partial charge is 0.507 e. The average molecular weight is 437 g/mol. The van der Waals surface area contributed by atoms with Crippen LogP contribution in [-0.4, -0.2) is 11.1 Å². The van der Waals surface area contributed by atoms with E-state index in [1.807, 2.05) is 0 Å². The molecule has 0 bridgehead atoms. The second-order valence-electron chi connectivity index (χ2n) is 10.8. The summed E-state index contributed by atoms with van der Waals surface area (Å²) in [5.74, 6) is 0.482. The molecular formula is C29H40O3. The van der Waals surface area contributed by atoms with E-state index >= 15 is 0 Å². The summed E-state index contributed by atoms with van der Waals surface area (Å²) in [4.78, 5) is 12.5. The lowest BCUT2D eigenvalue weighted by molar-refractivity contribution is -0.130. The molecule has 0 aliphatic heterocycles. The standard InChI is InChI=1S/C29H40O3/c1-11-19-13-21(25(30)23(15-19)28(5,6)7)17-22-14-20(12-2)16-24(29(8,9)10)26(22)32-27(31)18(3)4/h13-16,30H,3,11-12,17H2,1-2,4-10H3. The van der Waals surface area contributed by atoms with Crippen LogP contribution in [0.1, 0.15) is 95.7 Å². The van der Waals surface area contributed by atoms with Crippen molar-refractivity contribution in [2.24, 2.45) is 0 Å². The van der Waals surface area contributed by atoms with E-state index in [9.17, 15) is 9.90 Å². The number of phenols is 1. The normalized spacial score (nSPS) is 12.0. The van der Waals surface area contributed by atoms with Gasteiger partial charge >= 0.3 is 5.97 Å². The molecule has 0 fully saturated rings. The highest BCUT2D eigenvalue weighted by Gasteiger charge is 2.26. The van der Waals surface area contributed by atoms with Gasteiger partial charge in [0.15, 0.2) is 0 Å². The molecule has 32 heavy (non-hydrogen) atoms. The molecule has 2 aromatic carbocycles. The lowest BCUT2D eigenvalue weighted by Crippen LogP contribution is -2.19. The van der Waals surface area contributed by atoms with E-state index in [1.54, 1.807) is 6.92 Å². The molecule has 0 aliphatic carbocycles. The Balaban J connectivity index is 2.77. The van der Waals surface area contributed by atoms with Crippen molar-refractivity contribution < 1.29 is 14.6 Å². The molecule has 0 saturated heterocycles. The Labute approximate surface area is 194 Å². The van der Waals surface area contributed by atoms with Crippen molar-refractivity contribution >= 4 is 5.97 Å². The van der Waals surface area contributed by atoms with Gasteiger partial charge in [0, 0.05) is 23.1 Å². The maximum Gasteiger partial charge on any atom is 0.338 e. The van der Waals surface area contributed by atoms with Gasteiger partial charge in [0.1, 0.15) is 11.5 Å². The monoisotopic (exact) mass is 436 g/mol. The Kier molecular flexibility index (Phi) is 7.65. The number of hydrogen-bond acceptors (Lipinski definition) is 3. The molecule has 0 aliphatic rings. The molecule has 2 rings (SSSR count). The van der Waals surface area contributed by atoms with Crippen LogP contribution >= 0.6 is 0 Å². The Morgan fingerprint density at radius 1 is 0.875 bits per heavy atom. The van der Waals surface area contributed by atoms with Crippen LogP contribution in [0.2, 0.25) is 0 Å². The molecule has 0 aromatic heterocycles. The average Bonchev–Trinajstić information content (AvgIpc) is 2.68. The van der Waals surface area contributed by atoms with Gasteiger partial charge in [-0.05, 0) is 52.8 Å². The summed E-state index contributed by atoms with van der Waals surface area (Å²) >= 11 is 0. The number of hydrogen-bond donors (Lipinski definition) is 1. The zero-order valence-electron chi connectivity index (χ0n) is 21.4. The first-order chi connectivity index (χ1) is 14.7. The zero-order valence-corrected chi connectivity index (χ0v) is 21.4. The topological polar surface area (TPSA) is 46.5 Å². The number of rotatable bonds is 6. The predicted octanol–water partition coefficient (Wildman–Crippen LogP) is 7.18. The number of esters is 1. The van der Waals surface area contributed by atoms with Crippen LogP contribution < -0.4 is 4.74 Å². The first-order valence-corrected chi connectivity index (χ1v) is 11.6. The fourth-order valence-electron chi connectivity index (χ4n) is 3.82. The van der Waals surface area contributed by atoms with E-state index in [1.165, 1.54) is 11.1 Å². The smallest absolute Gasteiger partial charge is 0.338 e. The SMILES string of the molecule is C=C(C)C(=O)Oc1c(Cc2cc(CC)cc(C(C)(C)C)c2O)cc(CC)cc1C(C)(C)C. The van der Waals surface area contributed by atoms with Crippen molar-refractivity contribution in [1.29, 1.82) is 0 Å². The molecule has 0 amide bonds. The number of carbonyl (C=O) groups excluding carboxylic acids is 1. The van der Waals surface area contributed by atoms with Crippen LogP contribution in [0.5, 0.6) is 11.5 Å². The molecule has 0 radical (unpaired) electrons. The fourth-order valence-corrected chi connectivity index (χ4v) is 3.82. The van der Waals surface area contributed by atoms with Gasteiger partial charge in [-0.2, -0.15) is 0 Å². The molecule has 3 heteroatoms. The van der Waals surface area contributed by atoms with Crippen LogP contribution in [0.25, 0.3) is 0 Å². The summed E-state index contributed by atoms with van der Waals surface area (Å²) < 4.78 is 5.91. The quantitative estimate of drug-likeness (QED) is 0.296. The number of carbonyl (C=O) groups is 1. The van der Waals surface area contributed by atoms with E-state index in [0.717, 1.165) is 35.1 Å². The first kappa shape index (κ1) is 25.7. The minimum atomic E-state index is -0.428. The van der Waals surface area contributed by atoms with Crippen molar-refractivity contribution in [3.05, 3.63) is 69.8 Å². The second kappa shape index (κ2) is 9.52. The van der Waals surface area contributed by atoms with Gasteiger partial charge in [0.25, 0.3) is 0 Å². The van der Waals surface area contributed by atoms with Crippen LogP contribution in [0.3, 0.4) is 0 Å². The number of ether oxygens (including phenoxy) is 1. The molecule has 0 saturated carbocycles. The number of benzene rings is 2. The third kappa shape index (κ3) is 5.82. The van der Waals surface area contributed by atoms with Crippen LogP contribution in [-0.2, 0) is 34.9 Å². The third-order valence-corrected chi connectivity index (χ3v) is 5.83. The summed E-state index contributed by atoms with van der Waals surface area (Å²) in [6.45, 7) is 22.4. The Morgan fingerprint density at radius 3 is 1.78 bits per heavy atom. The van der Waals surface area contributed by atoms with Gasteiger partial charge < -0.3 is 9.84 Å². The van der Waals surface area contributed by atoms with Crippen LogP contribution in [0.15, 0.2) is 36.4 Å². The molecular weight excluding hydrogens is 396 g/mol. The summed E-state index contributed by atoms with van der Waals surface area (Å²) in [6.07, 6.45) is 2.24. The summed E-state index contributed by atoms with van der Waals surface area (Å²) in [5.41, 5.74) is 6.03. The first-order valence-electron chi connectivity index (χ1n) is 11.6. The summed E-state index contributed by atoms with van der Waals surface area (Å²) in [5, 5.41) is 11.2. The summed E-state index contributed by atoms with van der Waals surface area (Å²) in [6, 6.07) is 8.41. The van der Waals surface area contributed by atoms with Crippen LogP contribution in [0.4, 0.5) is 0 Å². The van der Waals surface area contributed by atoms with Crippen molar-refractivity contribution in [2.45, 2.75) is 92.4 Å². The van der Waals surface area contributed by atoms with E-state index in [-0.39, 0.29) is 10.8 Å². The van der Waals surface area contributed by atoms with Crippen molar-refractivity contribution in [3.8, 4) is 11.5 Å². The van der Waals surface area contributed by atoms with E-state index in [2.05, 4.69) is 86.2 Å². The minimum Gasteiger partial charge on any atom is -0.507 e. The van der Waals surface area contributed by atoms with Gasteiger partial charge in [-0.3, -0.25) is 0 Å². The Bertz CT molecular complexity index is 1010. The number of aromatic hydroxyl groups is 1. The molecule has 0 atom stereocenters. The highest BCUT2D eigenvalue weighted by Crippen LogP contribution is 2.40. The Morgan fingerprint density at radius 2 is 1.34 bits per heavy atom. The molecule has 3 nitrogen and oxygen atoms in total. The predicted molar refractivity (Wildman–Crippen MR) is 134 cm³/mol. The third-order valence-electron chi connectivity index (χ3n) is 5.83. The second-order valence-corrected chi connectivity index (χ2v) is 10.8. The molecule has 1 N–H and O–H groups in total. The van der Waals surface area contributed by atoms with Gasteiger partial charge in [0.05, 0.1) is 0 Å². The number of phenolic OH excluding ortho intramolecular Hbond substituents is 1. The lowest BCUT2D eigenvalue weighted by atomic mass is 9.81. The molecule has 0 heterocycles. The van der Waals surface area contributed by atoms with Gasteiger partial charge in [0.2, 0.25) is 0 Å². The molecule has 0 unspecified atom stereocenters.